The molecule has 0 fully saturated rings. The van der Waals surface area contributed by atoms with E-state index in [0.29, 0.717) is 5.88 Å². The molecule has 2 nitrogen and oxygen atoms in total. The molecule has 0 N–H and O–H groups in total. The lowest BCUT2D eigenvalue weighted by atomic mass is 10.2. The maximum absolute atomic E-state index is 6.04. The summed E-state index contributed by atoms with van der Waals surface area (Å²) in [4.78, 5) is 4.60. The third-order valence-electron chi connectivity index (χ3n) is 3.14. The van der Waals surface area contributed by atoms with Crippen molar-refractivity contribution < 1.29 is 0 Å². The van der Waals surface area contributed by atoms with Crippen LogP contribution in [0.3, 0.4) is 0 Å². The van der Waals surface area contributed by atoms with Crippen molar-refractivity contribution >= 4 is 54.5 Å². The topological polar surface area (TPSA) is 17.8 Å². The van der Waals surface area contributed by atoms with E-state index >= 15 is 0 Å². The Bertz CT molecular complexity index is 768. The molecule has 0 aliphatic carbocycles. The highest BCUT2D eigenvalue weighted by molar-refractivity contribution is 9.10. The molecule has 1 aromatic heterocycles. The van der Waals surface area contributed by atoms with Gasteiger partial charge in [0, 0.05) is 15.5 Å². The maximum atomic E-state index is 6.04. The number of hydrogen-bond acceptors (Lipinski definition) is 1. The Labute approximate surface area is 139 Å². The number of halogens is 3. The highest BCUT2D eigenvalue weighted by atomic mass is 79.9. The van der Waals surface area contributed by atoms with Gasteiger partial charge in [0.05, 0.1) is 16.9 Å². The highest BCUT2D eigenvalue weighted by Gasteiger charge is 2.10. The van der Waals surface area contributed by atoms with Crippen molar-refractivity contribution in [2.45, 2.75) is 12.4 Å². The standard InChI is InChI=1S/C15H11Br2ClN2/c16-11-3-1-2-10(6-11)9-20-14-5-4-12(17)7-13(14)19-15(20)8-18/h1-7H,8-9H2. The van der Waals surface area contributed by atoms with Gasteiger partial charge in [0.2, 0.25) is 0 Å². The van der Waals surface area contributed by atoms with Gasteiger partial charge in [0.25, 0.3) is 0 Å². The van der Waals surface area contributed by atoms with Crippen LogP contribution in [0.1, 0.15) is 11.4 Å². The van der Waals surface area contributed by atoms with Crippen molar-refractivity contribution in [1.82, 2.24) is 9.55 Å². The molecule has 0 aliphatic rings. The van der Waals surface area contributed by atoms with Gasteiger partial charge in [-0.2, -0.15) is 0 Å². The average molecular weight is 415 g/mol. The van der Waals surface area contributed by atoms with E-state index in [2.05, 4.69) is 59.6 Å². The predicted molar refractivity (Wildman–Crippen MR) is 90.2 cm³/mol. The van der Waals surface area contributed by atoms with Crippen molar-refractivity contribution in [1.29, 1.82) is 0 Å². The number of nitrogens with zero attached hydrogens (tertiary/aromatic N) is 2. The van der Waals surface area contributed by atoms with Gasteiger partial charge in [-0.3, -0.25) is 0 Å². The largest absolute Gasteiger partial charge is 0.322 e. The molecule has 0 radical (unpaired) electrons. The molecule has 3 rings (SSSR count). The van der Waals surface area contributed by atoms with Gasteiger partial charge >= 0.3 is 0 Å². The molecule has 0 atom stereocenters. The van der Waals surface area contributed by atoms with Crippen LogP contribution in [-0.2, 0) is 12.4 Å². The molecule has 0 spiro atoms. The summed E-state index contributed by atoms with van der Waals surface area (Å²) in [5, 5.41) is 0. The van der Waals surface area contributed by atoms with E-state index < -0.39 is 0 Å². The summed E-state index contributed by atoms with van der Waals surface area (Å²) in [6, 6.07) is 14.4. The van der Waals surface area contributed by atoms with Crippen molar-refractivity contribution in [2.75, 3.05) is 0 Å². The zero-order valence-electron chi connectivity index (χ0n) is 10.5. The van der Waals surface area contributed by atoms with E-state index in [9.17, 15) is 0 Å². The smallest absolute Gasteiger partial charge is 0.125 e. The lowest BCUT2D eigenvalue weighted by Crippen LogP contribution is -2.03. The number of benzene rings is 2. The summed E-state index contributed by atoms with van der Waals surface area (Å²) < 4.78 is 4.27. The molecule has 20 heavy (non-hydrogen) atoms. The second kappa shape index (κ2) is 5.88. The maximum Gasteiger partial charge on any atom is 0.125 e. The third-order valence-corrected chi connectivity index (χ3v) is 4.36. The van der Waals surface area contributed by atoms with Crippen LogP contribution in [0.5, 0.6) is 0 Å². The average Bonchev–Trinajstić information content (AvgIpc) is 2.76. The molecule has 0 saturated heterocycles. The SMILES string of the molecule is ClCc1nc2cc(Br)ccc2n1Cc1cccc(Br)c1. The molecule has 2 aromatic carbocycles. The second-order valence-electron chi connectivity index (χ2n) is 4.51. The van der Waals surface area contributed by atoms with E-state index in [1.165, 1.54) is 5.56 Å². The number of fused-ring (bicyclic) bond motifs is 1. The van der Waals surface area contributed by atoms with Gasteiger partial charge in [-0.15, -0.1) is 11.6 Å². The number of aromatic nitrogens is 2. The van der Waals surface area contributed by atoms with Gasteiger partial charge < -0.3 is 4.57 Å². The Balaban J connectivity index is 2.10. The summed E-state index contributed by atoms with van der Waals surface area (Å²) in [5.41, 5.74) is 3.28. The van der Waals surface area contributed by atoms with E-state index in [1.54, 1.807) is 0 Å². The molecule has 0 bridgehead atoms. The quantitative estimate of drug-likeness (QED) is 0.529. The van der Waals surface area contributed by atoms with E-state index in [0.717, 1.165) is 32.3 Å². The summed E-state index contributed by atoms with van der Waals surface area (Å²) in [6.45, 7) is 0.764. The van der Waals surface area contributed by atoms with Crippen molar-refractivity contribution in [3.05, 3.63) is 62.8 Å². The minimum absolute atomic E-state index is 0.403. The van der Waals surface area contributed by atoms with E-state index in [4.69, 9.17) is 11.6 Å². The number of imidazole rings is 1. The van der Waals surface area contributed by atoms with Crippen LogP contribution in [0.15, 0.2) is 51.4 Å². The number of rotatable bonds is 3. The van der Waals surface area contributed by atoms with Gasteiger partial charge in [0.15, 0.2) is 0 Å². The summed E-state index contributed by atoms with van der Waals surface area (Å²) >= 11 is 13.0. The first-order valence-electron chi connectivity index (χ1n) is 6.12. The number of hydrogen-bond donors (Lipinski definition) is 0. The zero-order chi connectivity index (χ0) is 14.1. The fourth-order valence-corrected chi connectivity index (χ4v) is 3.25. The minimum atomic E-state index is 0.403. The lowest BCUT2D eigenvalue weighted by molar-refractivity contribution is 0.778. The van der Waals surface area contributed by atoms with Crippen LogP contribution in [-0.4, -0.2) is 9.55 Å². The molecule has 102 valence electrons. The Hall–Kier alpha value is -0.840. The Morgan fingerprint density at radius 1 is 1.05 bits per heavy atom. The monoisotopic (exact) mass is 412 g/mol. The van der Waals surface area contributed by atoms with Crippen LogP contribution in [0.25, 0.3) is 11.0 Å². The van der Waals surface area contributed by atoms with Gasteiger partial charge in [-0.05, 0) is 35.9 Å². The predicted octanol–water partition coefficient (Wildman–Crippen LogP) is 5.35. The van der Waals surface area contributed by atoms with Crippen molar-refractivity contribution in [3.63, 3.8) is 0 Å². The zero-order valence-corrected chi connectivity index (χ0v) is 14.4. The number of alkyl halides is 1. The Morgan fingerprint density at radius 2 is 1.85 bits per heavy atom. The molecular formula is C15H11Br2ClN2. The second-order valence-corrected chi connectivity index (χ2v) is 6.61. The normalized spacial score (nSPS) is 11.2. The van der Waals surface area contributed by atoms with Crippen LogP contribution >= 0.6 is 43.5 Å². The fourth-order valence-electron chi connectivity index (χ4n) is 2.25. The first-order chi connectivity index (χ1) is 9.67. The summed E-state index contributed by atoms with van der Waals surface area (Å²) in [5.74, 6) is 1.29. The molecule has 0 saturated carbocycles. The van der Waals surface area contributed by atoms with Crippen LogP contribution in [0, 0.1) is 0 Å². The van der Waals surface area contributed by atoms with E-state index in [-0.39, 0.29) is 0 Å². The summed E-state index contributed by atoms with van der Waals surface area (Å²) in [7, 11) is 0. The molecule has 1 heterocycles. The molecule has 0 unspecified atom stereocenters. The molecule has 5 heteroatoms. The third kappa shape index (κ3) is 2.78. The Kier molecular flexibility index (Phi) is 4.15. The van der Waals surface area contributed by atoms with Crippen LogP contribution in [0.2, 0.25) is 0 Å². The minimum Gasteiger partial charge on any atom is -0.322 e. The fraction of sp³-hybridized carbons (Fsp3) is 0.133. The van der Waals surface area contributed by atoms with E-state index in [1.807, 2.05) is 24.3 Å². The summed E-state index contributed by atoms with van der Waals surface area (Å²) in [6.07, 6.45) is 0. The van der Waals surface area contributed by atoms with Crippen molar-refractivity contribution in [3.8, 4) is 0 Å². The Morgan fingerprint density at radius 3 is 2.60 bits per heavy atom. The van der Waals surface area contributed by atoms with Gasteiger partial charge in [-0.1, -0.05) is 44.0 Å². The molecule has 0 aliphatic heterocycles. The van der Waals surface area contributed by atoms with Gasteiger partial charge in [0.1, 0.15) is 5.82 Å². The highest BCUT2D eigenvalue weighted by Crippen LogP contribution is 2.23. The molecule has 3 aromatic rings. The lowest BCUT2D eigenvalue weighted by Gasteiger charge is -2.08. The van der Waals surface area contributed by atoms with Crippen molar-refractivity contribution in [2.24, 2.45) is 0 Å². The molecular weight excluding hydrogens is 403 g/mol. The van der Waals surface area contributed by atoms with Gasteiger partial charge in [-0.25, -0.2) is 4.98 Å². The molecule has 0 amide bonds. The van der Waals surface area contributed by atoms with Crippen LogP contribution in [0.4, 0.5) is 0 Å². The first-order valence-corrected chi connectivity index (χ1v) is 8.24. The first kappa shape index (κ1) is 14.1. The van der Waals surface area contributed by atoms with Crippen LogP contribution < -0.4 is 0 Å².